The Morgan fingerprint density at radius 3 is 2.38 bits per heavy atom. The van der Waals surface area contributed by atoms with Crippen LogP contribution in [-0.4, -0.2) is 13.3 Å². The molecule has 0 aromatic heterocycles. The van der Waals surface area contributed by atoms with E-state index in [0.717, 1.165) is 23.8 Å². The van der Waals surface area contributed by atoms with Crippen molar-refractivity contribution in [2.24, 2.45) is 0 Å². The number of nitrogens with zero attached hydrogens (tertiary/aromatic N) is 1. The van der Waals surface area contributed by atoms with Crippen LogP contribution in [0.4, 0.5) is 5.69 Å². The lowest BCUT2D eigenvalue weighted by molar-refractivity contribution is -0.385. The Hall–Kier alpha value is -2.12. The van der Waals surface area contributed by atoms with Gasteiger partial charge in [-0.05, 0) is 5.56 Å². The Balaban J connectivity index is 2.30. The van der Waals surface area contributed by atoms with E-state index in [4.69, 9.17) is 15.4 Å². The summed E-state index contributed by atoms with van der Waals surface area (Å²) < 4.78 is 28.0. The third-order valence-corrected chi connectivity index (χ3v) is 3.94. The summed E-state index contributed by atoms with van der Waals surface area (Å²) in [6, 6.07) is 12.3. The van der Waals surface area contributed by atoms with Gasteiger partial charge in [-0.15, -0.1) is 0 Å². The van der Waals surface area contributed by atoms with Crippen LogP contribution in [0.3, 0.4) is 0 Å². The van der Waals surface area contributed by atoms with Gasteiger partial charge in [0.25, 0.3) is 14.7 Å². The maximum atomic E-state index is 11.3. The molecular formula is C13H10ClNO5S. The summed E-state index contributed by atoms with van der Waals surface area (Å²) in [6.45, 7) is 0.157. The molecule has 0 N–H and O–H groups in total. The average molecular weight is 328 g/mol. The second-order valence-corrected chi connectivity index (χ2v) is 6.70. The fourth-order valence-corrected chi connectivity index (χ4v) is 2.41. The lowest BCUT2D eigenvalue weighted by Gasteiger charge is -2.07. The second-order valence-electron chi connectivity index (χ2n) is 4.13. The summed E-state index contributed by atoms with van der Waals surface area (Å²) in [5, 5.41) is 10.8. The monoisotopic (exact) mass is 327 g/mol. The van der Waals surface area contributed by atoms with Gasteiger partial charge in [0.05, 0.1) is 15.9 Å². The third-order valence-electron chi connectivity index (χ3n) is 2.61. The van der Waals surface area contributed by atoms with E-state index >= 15 is 0 Å². The van der Waals surface area contributed by atoms with Crippen molar-refractivity contribution >= 4 is 25.4 Å². The van der Waals surface area contributed by atoms with Crippen molar-refractivity contribution in [3.8, 4) is 5.75 Å². The van der Waals surface area contributed by atoms with Crippen LogP contribution in [0.15, 0.2) is 53.4 Å². The van der Waals surface area contributed by atoms with Gasteiger partial charge in [0.2, 0.25) is 0 Å². The molecule has 0 saturated carbocycles. The largest absolute Gasteiger partial charge is 0.489 e. The number of nitro groups is 1. The third kappa shape index (κ3) is 4.17. The Labute approximate surface area is 125 Å². The molecule has 0 aliphatic rings. The molecule has 6 nitrogen and oxygen atoms in total. The van der Waals surface area contributed by atoms with E-state index < -0.39 is 19.7 Å². The number of benzene rings is 2. The fraction of sp³-hybridized carbons (Fsp3) is 0.0769. The van der Waals surface area contributed by atoms with Crippen LogP contribution in [0.2, 0.25) is 0 Å². The highest BCUT2D eigenvalue weighted by Crippen LogP contribution is 2.28. The lowest BCUT2D eigenvalue weighted by atomic mass is 10.2. The molecule has 2 aromatic carbocycles. The van der Waals surface area contributed by atoms with Gasteiger partial charge in [-0.1, -0.05) is 30.3 Å². The Bertz CT molecular complexity index is 761. The molecule has 0 unspecified atom stereocenters. The van der Waals surface area contributed by atoms with Gasteiger partial charge in [-0.2, -0.15) is 0 Å². The van der Waals surface area contributed by atoms with E-state index in [1.807, 2.05) is 30.3 Å². The first-order chi connectivity index (χ1) is 9.86. The van der Waals surface area contributed by atoms with Gasteiger partial charge in [0, 0.05) is 22.8 Å². The zero-order valence-electron chi connectivity index (χ0n) is 10.6. The number of nitro benzene ring substituents is 1. The molecule has 0 saturated heterocycles. The predicted molar refractivity (Wildman–Crippen MR) is 76.9 cm³/mol. The van der Waals surface area contributed by atoms with Gasteiger partial charge in [-0.25, -0.2) is 8.42 Å². The number of non-ortho nitro benzene ring substituents is 1. The number of rotatable bonds is 5. The van der Waals surface area contributed by atoms with Crippen LogP contribution in [0, 0.1) is 10.1 Å². The molecule has 0 amide bonds. The summed E-state index contributed by atoms with van der Waals surface area (Å²) in [5.41, 5.74) is 0.444. The quantitative estimate of drug-likeness (QED) is 0.478. The molecular weight excluding hydrogens is 318 g/mol. The van der Waals surface area contributed by atoms with Crippen LogP contribution in [0.1, 0.15) is 5.56 Å². The normalized spacial score (nSPS) is 11.1. The summed E-state index contributed by atoms with van der Waals surface area (Å²) in [5.74, 6) is 0.0623. The van der Waals surface area contributed by atoms with E-state index in [2.05, 4.69) is 0 Å². The minimum Gasteiger partial charge on any atom is -0.489 e. The zero-order valence-corrected chi connectivity index (χ0v) is 12.2. The SMILES string of the molecule is O=[N+]([O-])c1cc(OCc2ccccc2)cc(S(=O)(=O)Cl)c1. The summed E-state index contributed by atoms with van der Waals surface area (Å²) >= 11 is 0. The highest BCUT2D eigenvalue weighted by atomic mass is 35.7. The van der Waals surface area contributed by atoms with Crippen molar-refractivity contribution in [2.45, 2.75) is 11.5 Å². The van der Waals surface area contributed by atoms with Crippen LogP contribution in [-0.2, 0) is 15.7 Å². The van der Waals surface area contributed by atoms with Gasteiger partial charge < -0.3 is 4.74 Å². The summed E-state index contributed by atoms with van der Waals surface area (Å²) in [4.78, 5) is 9.74. The number of hydrogen-bond donors (Lipinski definition) is 0. The first-order valence-corrected chi connectivity index (χ1v) is 8.08. The number of ether oxygens (including phenoxy) is 1. The Morgan fingerprint density at radius 1 is 1.14 bits per heavy atom. The van der Waals surface area contributed by atoms with E-state index in [9.17, 15) is 18.5 Å². The molecule has 0 spiro atoms. The summed E-state index contributed by atoms with van der Waals surface area (Å²) in [7, 11) is 1.14. The van der Waals surface area contributed by atoms with Crippen LogP contribution in [0.25, 0.3) is 0 Å². The van der Waals surface area contributed by atoms with Crippen molar-refractivity contribution in [3.63, 3.8) is 0 Å². The fourth-order valence-electron chi connectivity index (χ4n) is 1.63. The molecule has 2 aromatic rings. The zero-order chi connectivity index (χ0) is 15.5. The molecule has 0 atom stereocenters. The van der Waals surface area contributed by atoms with Crippen molar-refractivity contribution in [1.82, 2.24) is 0 Å². The lowest BCUT2D eigenvalue weighted by Crippen LogP contribution is -1.99. The molecule has 0 bridgehead atoms. The van der Waals surface area contributed by atoms with E-state index in [1.165, 1.54) is 0 Å². The maximum Gasteiger partial charge on any atom is 0.274 e. The van der Waals surface area contributed by atoms with Gasteiger partial charge >= 0.3 is 0 Å². The van der Waals surface area contributed by atoms with Gasteiger partial charge in [0.1, 0.15) is 12.4 Å². The molecule has 8 heteroatoms. The van der Waals surface area contributed by atoms with Crippen LogP contribution < -0.4 is 4.74 Å². The smallest absolute Gasteiger partial charge is 0.274 e. The second kappa shape index (κ2) is 6.11. The first kappa shape index (κ1) is 15.3. The van der Waals surface area contributed by atoms with Gasteiger partial charge in [-0.3, -0.25) is 10.1 Å². The number of hydrogen-bond acceptors (Lipinski definition) is 5. The molecule has 0 fully saturated rings. The van der Waals surface area contributed by atoms with Crippen molar-refractivity contribution < 1.29 is 18.1 Å². The highest BCUT2D eigenvalue weighted by molar-refractivity contribution is 8.13. The predicted octanol–water partition coefficient (Wildman–Crippen LogP) is 3.10. The highest BCUT2D eigenvalue weighted by Gasteiger charge is 2.18. The van der Waals surface area contributed by atoms with E-state index in [0.29, 0.717) is 0 Å². The number of halogens is 1. The standard InChI is InChI=1S/C13H10ClNO5S/c14-21(18,19)13-7-11(15(16)17)6-12(8-13)20-9-10-4-2-1-3-5-10/h1-8H,9H2. The van der Waals surface area contributed by atoms with Gasteiger partial charge in [0.15, 0.2) is 0 Å². The van der Waals surface area contributed by atoms with Crippen molar-refractivity contribution in [3.05, 3.63) is 64.2 Å². The van der Waals surface area contributed by atoms with E-state index in [1.54, 1.807) is 0 Å². The molecule has 0 radical (unpaired) electrons. The van der Waals surface area contributed by atoms with Crippen molar-refractivity contribution in [2.75, 3.05) is 0 Å². The van der Waals surface area contributed by atoms with Crippen molar-refractivity contribution in [1.29, 1.82) is 0 Å². The molecule has 2 rings (SSSR count). The van der Waals surface area contributed by atoms with Crippen LogP contribution >= 0.6 is 10.7 Å². The Morgan fingerprint density at radius 2 is 1.81 bits per heavy atom. The summed E-state index contributed by atoms with van der Waals surface area (Å²) in [6.07, 6.45) is 0. The maximum absolute atomic E-state index is 11.3. The molecule has 0 aliphatic heterocycles. The molecule has 21 heavy (non-hydrogen) atoms. The molecule has 0 heterocycles. The topological polar surface area (TPSA) is 86.5 Å². The molecule has 0 aliphatic carbocycles. The minimum absolute atomic E-state index is 0.0623. The minimum atomic E-state index is -4.08. The average Bonchev–Trinajstić information content (AvgIpc) is 2.45. The first-order valence-electron chi connectivity index (χ1n) is 5.77. The molecule has 110 valence electrons. The Kier molecular flexibility index (Phi) is 4.44. The van der Waals surface area contributed by atoms with Crippen LogP contribution in [0.5, 0.6) is 5.75 Å². The van der Waals surface area contributed by atoms with E-state index in [-0.39, 0.29) is 17.3 Å².